The summed E-state index contributed by atoms with van der Waals surface area (Å²) in [6.07, 6.45) is 6.54. The predicted molar refractivity (Wildman–Crippen MR) is 122 cm³/mol. The smallest absolute Gasteiger partial charge is 0.191 e. The van der Waals surface area contributed by atoms with Crippen LogP contribution in [0.4, 0.5) is 5.69 Å². The normalized spacial score (nSPS) is 18.7. The van der Waals surface area contributed by atoms with Crippen molar-refractivity contribution in [2.24, 2.45) is 4.99 Å². The molecule has 144 valence electrons. The second kappa shape index (κ2) is 10.4. The van der Waals surface area contributed by atoms with Gasteiger partial charge < -0.3 is 20.4 Å². The Morgan fingerprint density at radius 3 is 2.54 bits per heavy atom. The molecular weight excluding hydrogens is 461 g/mol. The van der Waals surface area contributed by atoms with E-state index in [2.05, 4.69) is 50.7 Å². The number of nitrogens with zero attached hydrogens (tertiary/aromatic N) is 3. The lowest BCUT2D eigenvalue weighted by Crippen LogP contribution is -2.45. The molecule has 0 unspecified atom stereocenters. The summed E-state index contributed by atoms with van der Waals surface area (Å²) in [6.45, 7) is 4.89. The molecular formula is C19H29ClIN5. The maximum atomic E-state index is 6.53. The third-order valence-corrected chi connectivity index (χ3v) is 5.30. The Kier molecular flexibility index (Phi) is 8.50. The van der Waals surface area contributed by atoms with Crippen LogP contribution in [0.2, 0.25) is 5.02 Å². The summed E-state index contributed by atoms with van der Waals surface area (Å²) < 4.78 is 0. The molecule has 7 heteroatoms. The van der Waals surface area contributed by atoms with E-state index in [4.69, 9.17) is 11.6 Å². The number of nitrogens with one attached hydrogen (secondary N) is 2. The highest BCUT2D eigenvalue weighted by molar-refractivity contribution is 14.0. The van der Waals surface area contributed by atoms with Gasteiger partial charge >= 0.3 is 0 Å². The number of halogens is 2. The van der Waals surface area contributed by atoms with Gasteiger partial charge in [0.1, 0.15) is 0 Å². The highest BCUT2D eigenvalue weighted by Gasteiger charge is 2.19. The Labute approximate surface area is 178 Å². The van der Waals surface area contributed by atoms with E-state index in [0.29, 0.717) is 12.6 Å². The number of likely N-dealkylation sites (N-methyl/N-ethyl adjacent to an activating group) is 1. The molecule has 1 saturated heterocycles. The van der Waals surface area contributed by atoms with Crippen molar-refractivity contribution in [2.75, 3.05) is 45.2 Å². The largest absolute Gasteiger partial charge is 0.369 e. The quantitative estimate of drug-likeness (QED) is 0.295. The van der Waals surface area contributed by atoms with Crippen LogP contribution in [-0.2, 0) is 6.54 Å². The lowest BCUT2D eigenvalue weighted by Gasteiger charge is -2.35. The Bertz CT molecular complexity index is 633. The minimum Gasteiger partial charge on any atom is -0.369 e. The van der Waals surface area contributed by atoms with Crippen molar-refractivity contribution in [3.8, 4) is 0 Å². The summed E-state index contributed by atoms with van der Waals surface area (Å²) in [5.74, 6) is 0.831. The van der Waals surface area contributed by atoms with Crippen LogP contribution >= 0.6 is 35.6 Å². The molecule has 1 aliphatic heterocycles. The van der Waals surface area contributed by atoms with Crippen LogP contribution in [0, 0.1) is 0 Å². The molecule has 0 radical (unpaired) electrons. The van der Waals surface area contributed by atoms with Crippen LogP contribution < -0.4 is 15.5 Å². The maximum Gasteiger partial charge on any atom is 0.191 e. The first-order valence-corrected chi connectivity index (χ1v) is 9.38. The van der Waals surface area contributed by atoms with Crippen molar-refractivity contribution >= 4 is 47.2 Å². The van der Waals surface area contributed by atoms with Crippen molar-refractivity contribution < 1.29 is 0 Å². The zero-order chi connectivity index (χ0) is 17.6. The molecule has 2 aliphatic rings. The monoisotopic (exact) mass is 489 g/mol. The highest BCUT2D eigenvalue weighted by Crippen LogP contribution is 2.28. The average Bonchev–Trinajstić information content (AvgIpc) is 3.13. The fourth-order valence-electron chi connectivity index (χ4n) is 3.36. The van der Waals surface area contributed by atoms with Crippen LogP contribution in [0.1, 0.15) is 18.4 Å². The number of hydrogen-bond acceptors (Lipinski definition) is 3. The van der Waals surface area contributed by atoms with Crippen LogP contribution in [0.25, 0.3) is 0 Å². The van der Waals surface area contributed by atoms with Crippen LogP contribution in [0.5, 0.6) is 0 Å². The summed E-state index contributed by atoms with van der Waals surface area (Å²) in [7, 11) is 3.98. The maximum absolute atomic E-state index is 6.53. The SMILES string of the molecule is CN=C(NCc1c(Cl)cccc1N1CCN(C)CC1)NC1CC=CC1.I. The fourth-order valence-corrected chi connectivity index (χ4v) is 3.60. The van der Waals surface area contributed by atoms with Crippen molar-refractivity contribution in [3.05, 3.63) is 40.9 Å². The molecule has 5 nitrogen and oxygen atoms in total. The van der Waals surface area contributed by atoms with Gasteiger partial charge in [-0.2, -0.15) is 0 Å². The van der Waals surface area contributed by atoms with Gasteiger partial charge in [0.05, 0.1) is 0 Å². The first-order valence-electron chi connectivity index (χ1n) is 9.00. The van der Waals surface area contributed by atoms with E-state index < -0.39 is 0 Å². The van der Waals surface area contributed by atoms with Crippen molar-refractivity contribution in [1.29, 1.82) is 0 Å². The Morgan fingerprint density at radius 2 is 1.88 bits per heavy atom. The van der Waals surface area contributed by atoms with Crippen molar-refractivity contribution in [2.45, 2.75) is 25.4 Å². The lowest BCUT2D eigenvalue weighted by molar-refractivity contribution is 0.312. The van der Waals surface area contributed by atoms with E-state index in [-0.39, 0.29) is 24.0 Å². The molecule has 1 aromatic rings. The van der Waals surface area contributed by atoms with Crippen LogP contribution in [-0.4, -0.2) is 57.2 Å². The molecule has 0 atom stereocenters. The van der Waals surface area contributed by atoms with Crippen LogP contribution in [0.3, 0.4) is 0 Å². The van der Waals surface area contributed by atoms with Crippen molar-refractivity contribution in [1.82, 2.24) is 15.5 Å². The lowest BCUT2D eigenvalue weighted by atomic mass is 10.1. The van der Waals surface area contributed by atoms with E-state index in [1.807, 2.05) is 19.2 Å². The molecule has 0 aromatic heterocycles. The number of aliphatic imine (C=N–C) groups is 1. The van der Waals surface area contributed by atoms with Gasteiger partial charge in [-0.25, -0.2) is 0 Å². The van der Waals surface area contributed by atoms with Gasteiger partial charge in [0, 0.05) is 62.1 Å². The minimum absolute atomic E-state index is 0. The Hall–Kier alpha value is -0.990. The third kappa shape index (κ3) is 5.50. The van der Waals surface area contributed by atoms with E-state index in [1.54, 1.807) is 0 Å². The number of guanidine groups is 1. The zero-order valence-corrected chi connectivity index (χ0v) is 18.6. The molecule has 1 aliphatic carbocycles. The Balaban J connectivity index is 0.00000243. The molecule has 26 heavy (non-hydrogen) atoms. The molecule has 0 amide bonds. The predicted octanol–water partition coefficient (Wildman–Crippen LogP) is 3.09. The van der Waals surface area contributed by atoms with Gasteiger partial charge in [-0.15, -0.1) is 24.0 Å². The van der Waals surface area contributed by atoms with E-state index in [1.165, 1.54) is 5.69 Å². The minimum atomic E-state index is 0. The number of piperazine rings is 1. The summed E-state index contributed by atoms with van der Waals surface area (Å²) in [4.78, 5) is 9.14. The van der Waals surface area contributed by atoms with Gasteiger partial charge in [0.15, 0.2) is 5.96 Å². The molecule has 2 N–H and O–H groups in total. The standard InChI is InChI=1S/C19H28ClN5.HI/c1-21-19(23-15-6-3-4-7-15)22-14-16-17(20)8-5-9-18(16)25-12-10-24(2)11-13-25;/h3-5,8-9,15H,6-7,10-14H2,1-2H3,(H2,21,22,23);1H. The number of hydrogen-bond donors (Lipinski definition) is 2. The third-order valence-electron chi connectivity index (χ3n) is 4.94. The van der Waals surface area contributed by atoms with E-state index >= 15 is 0 Å². The molecule has 1 aromatic carbocycles. The van der Waals surface area contributed by atoms with E-state index in [9.17, 15) is 0 Å². The Morgan fingerprint density at radius 1 is 1.19 bits per heavy atom. The van der Waals surface area contributed by atoms with Crippen LogP contribution in [0.15, 0.2) is 35.3 Å². The van der Waals surface area contributed by atoms with Gasteiger partial charge in [-0.3, -0.25) is 4.99 Å². The average molecular weight is 490 g/mol. The first-order chi connectivity index (χ1) is 12.2. The van der Waals surface area contributed by atoms with E-state index in [0.717, 1.165) is 55.6 Å². The van der Waals surface area contributed by atoms with Gasteiger partial charge in [0.25, 0.3) is 0 Å². The summed E-state index contributed by atoms with van der Waals surface area (Å²) in [5.41, 5.74) is 2.37. The molecule has 1 heterocycles. The number of rotatable bonds is 4. The zero-order valence-electron chi connectivity index (χ0n) is 15.5. The van der Waals surface area contributed by atoms with Gasteiger partial charge in [0.2, 0.25) is 0 Å². The molecule has 3 rings (SSSR count). The number of anilines is 1. The first kappa shape index (κ1) is 21.3. The van der Waals surface area contributed by atoms with Gasteiger partial charge in [-0.05, 0) is 32.0 Å². The second-order valence-corrected chi connectivity index (χ2v) is 7.14. The molecule has 0 spiro atoms. The second-order valence-electron chi connectivity index (χ2n) is 6.74. The summed E-state index contributed by atoms with van der Waals surface area (Å²) in [6, 6.07) is 6.62. The summed E-state index contributed by atoms with van der Waals surface area (Å²) >= 11 is 6.53. The summed E-state index contributed by atoms with van der Waals surface area (Å²) in [5, 5.41) is 7.71. The molecule has 1 fully saturated rings. The molecule has 0 bridgehead atoms. The topological polar surface area (TPSA) is 42.9 Å². The highest BCUT2D eigenvalue weighted by atomic mass is 127. The van der Waals surface area contributed by atoms with Crippen molar-refractivity contribution in [3.63, 3.8) is 0 Å². The fraction of sp³-hybridized carbons (Fsp3) is 0.526. The van der Waals surface area contributed by atoms with Gasteiger partial charge in [-0.1, -0.05) is 29.8 Å². The number of benzene rings is 1. The molecule has 0 saturated carbocycles.